The Morgan fingerprint density at radius 2 is 2.03 bits per heavy atom. The van der Waals surface area contributed by atoms with E-state index in [2.05, 4.69) is 10.6 Å². The van der Waals surface area contributed by atoms with Crippen molar-refractivity contribution < 1.29 is 28.8 Å². The summed E-state index contributed by atoms with van der Waals surface area (Å²) in [6, 6.07) is 6.49. The molecule has 0 radical (unpaired) electrons. The molecule has 1 heterocycles. The Morgan fingerprint density at radius 1 is 1.33 bits per heavy atom. The molecule has 1 saturated heterocycles. The van der Waals surface area contributed by atoms with Gasteiger partial charge in [0.2, 0.25) is 11.7 Å². The number of halogens is 2. The molecule has 2 aromatic carbocycles. The van der Waals surface area contributed by atoms with E-state index in [1.54, 1.807) is 0 Å². The van der Waals surface area contributed by atoms with Crippen LogP contribution in [-0.4, -0.2) is 39.3 Å². The molecular formula is C18H12ClFN4O6. The zero-order chi connectivity index (χ0) is 22.0. The molecule has 3 N–H and O–H groups in total. The fourth-order valence-electron chi connectivity index (χ4n) is 2.62. The van der Waals surface area contributed by atoms with E-state index in [0.717, 1.165) is 24.3 Å². The maximum atomic E-state index is 13.6. The van der Waals surface area contributed by atoms with E-state index in [1.807, 2.05) is 0 Å². The number of imide groups is 1. The number of benzene rings is 2. The Labute approximate surface area is 172 Å². The molecule has 0 spiro atoms. The normalized spacial score (nSPS) is 14.7. The van der Waals surface area contributed by atoms with Crippen molar-refractivity contribution in [1.29, 1.82) is 0 Å². The Balaban J connectivity index is 1.80. The first-order valence-electron chi connectivity index (χ1n) is 8.23. The first-order valence-corrected chi connectivity index (χ1v) is 8.61. The third-order valence-corrected chi connectivity index (χ3v) is 4.21. The number of para-hydroxylation sites is 1. The number of urea groups is 1. The highest BCUT2D eigenvalue weighted by Gasteiger charge is 2.35. The number of nitro groups is 1. The molecule has 2 aromatic rings. The molecule has 0 aromatic heterocycles. The summed E-state index contributed by atoms with van der Waals surface area (Å²) >= 11 is 5.79. The summed E-state index contributed by atoms with van der Waals surface area (Å²) in [5.41, 5.74) is -1.34. The Bertz CT molecular complexity index is 1120. The van der Waals surface area contributed by atoms with E-state index in [9.17, 15) is 34.0 Å². The molecule has 0 unspecified atom stereocenters. The number of rotatable bonds is 5. The van der Waals surface area contributed by atoms with Gasteiger partial charge in [0, 0.05) is 16.7 Å². The van der Waals surface area contributed by atoms with Crippen LogP contribution in [0.25, 0.3) is 6.08 Å². The van der Waals surface area contributed by atoms with Gasteiger partial charge in [-0.2, -0.15) is 0 Å². The summed E-state index contributed by atoms with van der Waals surface area (Å²) in [6.45, 7) is -0.710. The van der Waals surface area contributed by atoms with Crippen molar-refractivity contribution in [3.8, 4) is 5.75 Å². The second-order valence-corrected chi connectivity index (χ2v) is 6.46. The summed E-state index contributed by atoms with van der Waals surface area (Å²) in [4.78, 5) is 47.3. The zero-order valence-corrected chi connectivity index (χ0v) is 15.6. The fourth-order valence-corrected chi connectivity index (χ4v) is 2.84. The third kappa shape index (κ3) is 4.20. The highest BCUT2D eigenvalue weighted by molar-refractivity contribution is 6.31. The minimum absolute atomic E-state index is 0.0794. The van der Waals surface area contributed by atoms with Crippen molar-refractivity contribution in [3.05, 3.63) is 68.6 Å². The van der Waals surface area contributed by atoms with E-state index in [1.165, 1.54) is 18.2 Å². The van der Waals surface area contributed by atoms with Crippen LogP contribution in [0.4, 0.5) is 20.6 Å². The van der Waals surface area contributed by atoms with Crippen LogP contribution in [-0.2, 0) is 9.59 Å². The van der Waals surface area contributed by atoms with E-state index in [4.69, 9.17) is 11.6 Å². The van der Waals surface area contributed by atoms with Gasteiger partial charge >= 0.3 is 11.7 Å². The monoisotopic (exact) mass is 434 g/mol. The Hall–Kier alpha value is -3.99. The molecule has 0 bridgehead atoms. The Morgan fingerprint density at radius 3 is 2.70 bits per heavy atom. The third-order valence-electron chi connectivity index (χ3n) is 3.99. The zero-order valence-electron chi connectivity index (χ0n) is 14.9. The number of carbonyl (C=O) groups excluding carboxylic acids is 3. The van der Waals surface area contributed by atoms with E-state index >= 15 is 0 Å². The van der Waals surface area contributed by atoms with Crippen LogP contribution >= 0.6 is 11.6 Å². The minimum atomic E-state index is -0.939. The maximum Gasteiger partial charge on any atom is 0.329 e. The second kappa shape index (κ2) is 8.17. The SMILES string of the molecule is O=C(CN1C(=O)N/C(=C/c2cc(Cl)cc([N+](=O)[O-])c2O)C1=O)Nc1ccccc1F. The molecule has 3 rings (SSSR count). The van der Waals surface area contributed by atoms with E-state index in [-0.39, 0.29) is 22.0 Å². The van der Waals surface area contributed by atoms with Crippen LogP contribution in [0.2, 0.25) is 5.02 Å². The number of hydrogen-bond donors (Lipinski definition) is 3. The number of phenols is 1. The first kappa shape index (κ1) is 20.7. The maximum absolute atomic E-state index is 13.6. The fraction of sp³-hybridized carbons (Fsp3) is 0.0556. The Kier molecular flexibility index (Phi) is 5.65. The van der Waals surface area contributed by atoms with Crippen molar-refractivity contribution in [2.75, 3.05) is 11.9 Å². The summed E-state index contributed by atoms with van der Waals surface area (Å²) < 4.78 is 13.6. The quantitative estimate of drug-likeness (QED) is 0.286. The van der Waals surface area contributed by atoms with Gasteiger partial charge in [0.1, 0.15) is 18.1 Å². The highest BCUT2D eigenvalue weighted by Crippen LogP contribution is 2.34. The molecule has 10 nitrogen and oxygen atoms in total. The van der Waals surface area contributed by atoms with E-state index < -0.39 is 46.6 Å². The van der Waals surface area contributed by atoms with Gasteiger partial charge in [0.05, 0.1) is 10.6 Å². The molecule has 0 aliphatic carbocycles. The second-order valence-electron chi connectivity index (χ2n) is 6.03. The number of aromatic hydroxyl groups is 1. The molecule has 1 aliphatic heterocycles. The number of nitro benzene ring substituents is 1. The molecule has 4 amide bonds. The lowest BCUT2D eigenvalue weighted by Gasteiger charge is -2.12. The van der Waals surface area contributed by atoms with Crippen LogP contribution in [0.15, 0.2) is 42.1 Å². The van der Waals surface area contributed by atoms with Gasteiger partial charge in [-0.25, -0.2) is 14.1 Å². The number of nitrogens with zero attached hydrogens (tertiary/aromatic N) is 2. The molecular weight excluding hydrogens is 423 g/mol. The smallest absolute Gasteiger partial charge is 0.329 e. The largest absolute Gasteiger partial charge is 0.502 e. The van der Waals surface area contributed by atoms with Gasteiger partial charge in [0.15, 0.2) is 0 Å². The predicted molar refractivity (Wildman–Crippen MR) is 103 cm³/mol. The average Bonchev–Trinajstić information content (AvgIpc) is 2.93. The summed E-state index contributed by atoms with van der Waals surface area (Å²) in [7, 11) is 0. The first-order chi connectivity index (χ1) is 14.2. The van der Waals surface area contributed by atoms with Crippen molar-refractivity contribution in [2.24, 2.45) is 0 Å². The summed E-state index contributed by atoms with van der Waals surface area (Å²) in [5.74, 6) is -3.20. The van der Waals surface area contributed by atoms with Crippen molar-refractivity contribution in [3.63, 3.8) is 0 Å². The highest BCUT2D eigenvalue weighted by atomic mass is 35.5. The van der Waals surface area contributed by atoms with Crippen LogP contribution in [0.3, 0.4) is 0 Å². The van der Waals surface area contributed by atoms with Gasteiger partial charge in [0.25, 0.3) is 5.91 Å². The molecule has 1 aliphatic rings. The van der Waals surface area contributed by atoms with Crippen LogP contribution < -0.4 is 10.6 Å². The lowest BCUT2D eigenvalue weighted by Crippen LogP contribution is -2.38. The number of hydrogen-bond acceptors (Lipinski definition) is 6. The van der Waals surface area contributed by atoms with Crippen molar-refractivity contribution >= 4 is 46.9 Å². The summed E-state index contributed by atoms with van der Waals surface area (Å²) in [5, 5.41) is 25.4. The molecule has 12 heteroatoms. The van der Waals surface area contributed by atoms with Gasteiger partial charge < -0.3 is 15.7 Å². The summed E-state index contributed by atoms with van der Waals surface area (Å²) in [6.07, 6.45) is 0.989. The number of carbonyl (C=O) groups is 3. The lowest BCUT2D eigenvalue weighted by molar-refractivity contribution is -0.385. The number of amides is 4. The predicted octanol–water partition coefficient (Wildman–Crippen LogP) is 2.62. The van der Waals surface area contributed by atoms with Gasteiger partial charge in [-0.15, -0.1) is 0 Å². The molecule has 154 valence electrons. The topological polar surface area (TPSA) is 142 Å². The van der Waals surface area contributed by atoms with Gasteiger partial charge in [-0.1, -0.05) is 23.7 Å². The molecule has 30 heavy (non-hydrogen) atoms. The number of anilines is 1. The standard InChI is InChI=1S/C18H12ClFN4O6/c19-10-5-9(16(26)14(7-10)24(29)30)6-13-17(27)23(18(28)22-13)8-15(25)21-12-4-2-1-3-11(12)20/h1-7,26H,8H2,(H,21,25)(H,22,28)/b13-6+. The molecule has 0 atom stereocenters. The molecule has 1 fully saturated rings. The van der Waals surface area contributed by atoms with Crippen molar-refractivity contribution in [2.45, 2.75) is 0 Å². The van der Waals surface area contributed by atoms with E-state index in [0.29, 0.717) is 4.90 Å². The number of phenolic OH excluding ortho intramolecular Hbond substituents is 1. The van der Waals surface area contributed by atoms with Crippen LogP contribution in [0.5, 0.6) is 5.75 Å². The van der Waals surface area contributed by atoms with Crippen LogP contribution in [0.1, 0.15) is 5.56 Å². The van der Waals surface area contributed by atoms with Crippen LogP contribution in [0, 0.1) is 15.9 Å². The molecule has 0 saturated carbocycles. The van der Waals surface area contributed by atoms with Crippen molar-refractivity contribution in [1.82, 2.24) is 10.2 Å². The lowest BCUT2D eigenvalue weighted by atomic mass is 10.1. The van der Waals surface area contributed by atoms with Gasteiger partial charge in [-0.05, 0) is 24.3 Å². The van der Waals surface area contributed by atoms with Gasteiger partial charge in [-0.3, -0.25) is 19.7 Å². The average molecular weight is 435 g/mol. The minimum Gasteiger partial charge on any atom is -0.502 e. The number of nitrogens with one attached hydrogen (secondary N) is 2.